The molecular weight excluding hydrogens is 232 g/mol. The molecule has 98 valence electrons. The Morgan fingerprint density at radius 2 is 1.78 bits per heavy atom. The van der Waals surface area contributed by atoms with Crippen molar-refractivity contribution >= 4 is 23.3 Å². The average Bonchev–Trinajstić information content (AvgIpc) is 2.13. The Balaban J connectivity index is 2.67. The Hall–Kier alpha value is -2.08. The van der Waals surface area contributed by atoms with Gasteiger partial charge in [-0.3, -0.25) is 4.79 Å². The van der Waals surface area contributed by atoms with E-state index in [4.69, 9.17) is 11.5 Å². The van der Waals surface area contributed by atoms with Gasteiger partial charge in [0.2, 0.25) is 5.91 Å². The number of urea groups is 1. The predicted molar refractivity (Wildman–Crippen MR) is 71.2 cm³/mol. The van der Waals surface area contributed by atoms with Crippen LogP contribution in [-0.4, -0.2) is 17.5 Å². The fourth-order valence-corrected chi connectivity index (χ4v) is 1.44. The number of nitrogens with one attached hydrogen (secondary N) is 2. The SMILES string of the molecule is CC(C)(N)CC(=O)Nc1cccc(NC(N)=O)c1. The van der Waals surface area contributed by atoms with Gasteiger partial charge in [0.15, 0.2) is 0 Å². The second kappa shape index (κ2) is 5.50. The lowest BCUT2D eigenvalue weighted by Gasteiger charge is -2.17. The summed E-state index contributed by atoms with van der Waals surface area (Å²) in [6, 6.07) is 6.06. The van der Waals surface area contributed by atoms with Crippen LogP contribution in [-0.2, 0) is 4.79 Å². The van der Waals surface area contributed by atoms with Crippen LogP contribution in [0.4, 0.5) is 16.2 Å². The molecule has 1 aromatic carbocycles. The Morgan fingerprint density at radius 3 is 2.28 bits per heavy atom. The molecule has 0 bridgehead atoms. The predicted octanol–water partition coefficient (Wildman–Crippen LogP) is 1.24. The van der Waals surface area contributed by atoms with Gasteiger partial charge in [-0.2, -0.15) is 0 Å². The number of carbonyl (C=O) groups is 2. The quantitative estimate of drug-likeness (QED) is 0.645. The highest BCUT2D eigenvalue weighted by atomic mass is 16.2. The Bertz CT molecular complexity index is 452. The minimum atomic E-state index is -0.651. The van der Waals surface area contributed by atoms with Crippen LogP contribution in [0.15, 0.2) is 24.3 Å². The third-order valence-electron chi connectivity index (χ3n) is 2.03. The Labute approximate surface area is 106 Å². The summed E-state index contributed by atoms with van der Waals surface area (Å²) in [5.41, 5.74) is 11.3. The number of benzene rings is 1. The molecule has 1 rings (SSSR count). The van der Waals surface area contributed by atoms with Crippen LogP contribution in [0.5, 0.6) is 0 Å². The largest absolute Gasteiger partial charge is 0.351 e. The van der Waals surface area contributed by atoms with Crippen molar-refractivity contribution < 1.29 is 9.59 Å². The number of rotatable bonds is 4. The number of nitrogens with two attached hydrogens (primary N) is 2. The average molecular weight is 250 g/mol. The van der Waals surface area contributed by atoms with E-state index >= 15 is 0 Å². The van der Waals surface area contributed by atoms with Crippen LogP contribution in [0.3, 0.4) is 0 Å². The van der Waals surface area contributed by atoms with Crippen molar-refractivity contribution in [1.29, 1.82) is 0 Å². The molecule has 6 heteroatoms. The van der Waals surface area contributed by atoms with Crippen LogP contribution in [0, 0.1) is 0 Å². The topological polar surface area (TPSA) is 110 Å². The van der Waals surface area contributed by atoms with E-state index in [9.17, 15) is 9.59 Å². The first kappa shape index (κ1) is 14.0. The summed E-state index contributed by atoms with van der Waals surface area (Å²) < 4.78 is 0. The van der Waals surface area contributed by atoms with Crippen LogP contribution >= 0.6 is 0 Å². The molecule has 6 N–H and O–H groups in total. The lowest BCUT2D eigenvalue weighted by atomic mass is 10.0. The summed E-state index contributed by atoms with van der Waals surface area (Å²) >= 11 is 0. The fraction of sp³-hybridized carbons (Fsp3) is 0.333. The Morgan fingerprint density at radius 1 is 1.22 bits per heavy atom. The van der Waals surface area contributed by atoms with Gasteiger partial charge in [-0.1, -0.05) is 6.07 Å². The fourth-order valence-electron chi connectivity index (χ4n) is 1.44. The van der Waals surface area contributed by atoms with Crippen molar-refractivity contribution in [2.24, 2.45) is 11.5 Å². The molecule has 0 radical (unpaired) electrons. The van der Waals surface area contributed by atoms with Gasteiger partial charge >= 0.3 is 6.03 Å². The monoisotopic (exact) mass is 250 g/mol. The second-order valence-corrected chi connectivity index (χ2v) is 4.78. The molecule has 0 unspecified atom stereocenters. The number of carbonyl (C=O) groups excluding carboxylic acids is 2. The van der Waals surface area contributed by atoms with E-state index in [2.05, 4.69) is 10.6 Å². The smallest absolute Gasteiger partial charge is 0.316 e. The van der Waals surface area contributed by atoms with Crippen molar-refractivity contribution in [2.45, 2.75) is 25.8 Å². The van der Waals surface area contributed by atoms with Crippen LogP contribution in [0.25, 0.3) is 0 Å². The maximum atomic E-state index is 11.7. The van der Waals surface area contributed by atoms with E-state index < -0.39 is 11.6 Å². The van der Waals surface area contributed by atoms with E-state index in [1.807, 2.05) is 0 Å². The lowest BCUT2D eigenvalue weighted by Crippen LogP contribution is -2.36. The van der Waals surface area contributed by atoms with Gasteiger partial charge in [-0.25, -0.2) is 4.79 Å². The van der Waals surface area contributed by atoms with Crippen LogP contribution in [0.2, 0.25) is 0 Å². The third kappa shape index (κ3) is 5.31. The minimum absolute atomic E-state index is 0.182. The number of amides is 3. The molecule has 0 aromatic heterocycles. The van der Waals surface area contributed by atoms with E-state index in [1.165, 1.54) is 0 Å². The highest BCUT2D eigenvalue weighted by Crippen LogP contribution is 2.16. The molecule has 0 saturated carbocycles. The second-order valence-electron chi connectivity index (χ2n) is 4.78. The normalized spacial score (nSPS) is 10.8. The molecule has 0 heterocycles. The highest BCUT2D eigenvalue weighted by molar-refractivity contribution is 5.93. The van der Waals surface area contributed by atoms with Gasteiger partial charge in [-0.15, -0.1) is 0 Å². The van der Waals surface area contributed by atoms with Gasteiger partial charge in [0, 0.05) is 23.3 Å². The zero-order valence-electron chi connectivity index (χ0n) is 10.5. The molecule has 3 amide bonds. The maximum Gasteiger partial charge on any atom is 0.316 e. The van der Waals surface area contributed by atoms with Crippen molar-refractivity contribution in [3.8, 4) is 0 Å². The van der Waals surface area contributed by atoms with E-state index in [0.717, 1.165) is 0 Å². The number of anilines is 2. The summed E-state index contributed by atoms with van der Waals surface area (Å²) in [6.45, 7) is 3.55. The van der Waals surface area contributed by atoms with E-state index in [-0.39, 0.29) is 12.3 Å². The third-order valence-corrected chi connectivity index (χ3v) is 2.03. The van der Waals surface area contributed by atoms with Gasteiger partial charge in [0.05, 0.1) is 0 Å². The first-order valence-corrected chi connectivity index (χ1v) is 5.51. The summed E-state index contributed by atoms with van der Waals surface area (Å²) in [5, 5.41) is 5.13. The summed E-state index contributed by atoms with van der Waals surface area (Å²) in [5.74, 6) is -0.182. The summed E-state index contributed by atoms with van der Waals surface area (Å²) in [4.78, 5) is 22.4. The van der Waals surface area contributed by atoms with Crippen molar-refractivity contribution in [1.82, 2.24) is 0 Å². The summed E-state index contributed by atoms with van der Waals surface area (Å²) in [7, 11) is 0. The molecule has 18 heavy (non-hydrogen) atoms. The zero-order valence-corrected chi connectivity index (χ0v) is 10.5. The number of hydrogen-bond donors (Lipinski definition) is 4. The van der Waals surface area contributed by atoms with E-state index in [0.29, 0.717) is 11.4 Å². The first-order chi connectivity index (χ1) is 8.26. The highest BCUT2D eigenvalue weighted by Gasteiger charge is 2.16. The van der Waals surface area contributed by atoms with E-state index in [1.54, 1.807) is 38.1 Å². The lowest BCUT2D eigenvalue weighted by molar-refractivity contribution is -0.117. The van der Waals surface area contributed by atoms with Gasteiger partial charge in [-0.05, 0) is 32.0 Å². The molecule has 1 aromatic rings. The van der Waals surface area contributed by atoms with Gasteiger partial charge in [0.1, 0.15) is 0 Å². The molecule has 0 spiro atoms. The standard InChI is InChI=1S/C12H18N4O2/c1-12(2,14)7-10(17)15-8-4-3-5-9(6-8)16-11(13)18/h3-6H,7,14H2,1-2H3,(H,15,17)(H3,13,16,18). The first-order valence-electron chi connectivity index (χ1n) is 5.51. The molecule has 0 aliphatic carbocycles. The molecule has 0 saturated heterocycles. The van der Waals surface area contributed by atoms with Crippen molar-refractivity contribution in [2.75, 3.05) is 10.6 Å². The van der Waals surface area contributed by atoms with Crippen LogP contribution in [0.1, 0.15) is 20.3 Å². The molecule has 0 aliphatic rings. The number of primary amides is 1. The van der Waals surface area contributed by atoms with Gasteiger partial charge < -0.3 is 22.1 Å². The Kier molecular flexibility index (Phi) is 4.28. The molecular formula is C12H18N4O2. The maximum absolute atomic E-state index is 11.7. The van der Waals surface area contributed by atoms with Crippen LogP contribution < -0.4 is 22.1 Å². The zero-order chi connectivity index (χ0) is 13.8. The summed E-state index contributed by atoms with van der Waals surface area (Å²) in [6.07, 6.45) is 0.209. The minimum Gasteiger partial charge on any atom is -0.351 e. The van der Waals surface area contributed by atoms with Gasteiger partial charge in [0.25, 0.3) is 0 Å². The molecule has 6 nitrogen and oxygen atoms in total. The van der Waals surface area contributed by atoms with Crippen molar-refractivity contribution in [3.63, 3.8) is 0 Å². The van der Waals surface area contributed by atoms with Crippen molar-refractivity contribution in [3.05, 3.63) is 24.3 Å². The molecule has 0 aliphatic heterocycles. The molecule has 0 atom stereocenters. The number of hydrogen-bond acceptors (Lipinski definition) is 3. The molecule has 0 fully saturated rings.